The minimum atomic E-state index is -0.875. The zero-order valence-electron chi connectivity index (χ0n) is 18.0. The number of benzene rings is 1. The number of hydrogen-bond donors (Lipinski definition) is 0. The highest BCUT2D eigenvalue weighted by molar-refractivity contribution is 5.66. The van der Waals surface area contributed by atoms with E-state index in [2.05, 4.69) is 20.0 Å². The van der Waals surface area contributed by atoms with Crippen LogP contribution in [-0.2, 0) is 13.0 Å². The van der Waals surface area contributed by atoms with Crippen molar-refractivity contribution in [3.8, 4) is 11.1 Å². The van der Waals surface area contributed by atoms with Crippen LogP contribution in [-0.4, -0.2) is 26.1 Å². The van der Waals surface area contributed by atoms with Crippen molar-refractivity contribution in [3.63, 3.8) is 0 Å². The van der Waals surface area contributed by atoms with Gasteiger partial charge in [0, 0.05) is 65.9 Å². The van der Waals surface area contributed by atoms with Crippen molar-refractivity contribution in [2.45, 2.75) is 33.7 Å². The summed E-state index contributed by atoms with van der Waals surface area (Å²) in [6, 6.07) is 6.05. The molecule has 0 spiro atoms. The zero-order valence-corrected chi connectivity index (χ0v) is 18.0. The first-order chi connectivity index (χ1) is 15.3. The van der Waals surface area contributed by atoms with Crippen LogP contribution in [0.25, 0.3) is 16.8 Å². The van der Waals surface area contributed by atoms with Gasteiger partial charge >= 0.3 is 0 Å². The lowest BCUT2D eigenvalue weighted by atomic mass is 9.98. The van der Waals surface area contributed by atoms with E-state index in [0.717, 1.165) is 22.4 Å². The van der Waals surface area contributed by atoms with Crippen molar-refractivity contribution >= 4 is 11.5 Å². The van der Waals surface area contributed by atoms with Crippen LogP contribution in [0.1, 0.15) is 27.9 Å². The zero-order chi connectivity index (χ0) is 22.6. The molecule has 1 aromatic carbocycles. The minimum Gasteiger partial charge on any atom is -0.350 e. The molecule has 5 rings (SSSR count). The number of halogens is 2. The van der Waals surface area contributed by atoms with E-state index in [9.17, 15) is 13.6 Å². The predicted molar refractivity (Wildman–Crippen MR) is 118 cm³/mol. The van der Waals surface area contributed by atoms with Crippen LogP contribution in [0.4, 0.5) is 14.6 Å². The van der Waals surface area contributed by atoms with Gasteiger partial charge < -0.3 is 4.90 Å². The van der Waals surface area contributed by atoms with Crippen molar-refractivity contribution in [1.29, 1.82) is 0 Å². The Bertz CT molecular complexity index is 1450. The topological polar surface area (TPSA) is 63.4 Å². The number of nitrogens with zero attached hydrogens (tertiary/aromatic N) is 5. The molecule has 6 nitrogen and oxygen atoms in total. The third kappa shape index (κ3) is 3.23. The summed E-state index contributed by atoms with van der Waals surface area (Å²) < 4.78 is 29.7. The standard InChI is InChI=1S/C24H21F2N5O/c1-13-8-18(22(26)19(25)9-13)16-10-17-12-30(7-5-20(17)28-11-16)24-15(3)14(2)23-27-6-4-21(32)31(23)29-24/h4,6,8-11H,5,7,12H2,1-3H3. The molecule has 4 aromatic rings. The third-order valence-electron chi connectivity index (χ3n) is 6.07. The molecule has 0 unspecified atom stereocenters. The van der Waals surface area contributed by atoms with Crippen LogP contribution in [0.5, 0.6) is 0 Å². The Balaban J connectivity index is 1.57. The Kier molecular flexibility index (Phi) is 4.73. The third-order valence-corrected chi connectivity index (χ3v) is 6.07. The Morgan fingerprint density at radius 3 is 2.66 bits per heavy atom. The highest BCUT2D eigenvalue weighted by atomic mass is 19.2. The monoisotopic (exact) mass is 433 g/mol. The van der Waals surface area contributed by atoms with E-state index in [4.69, 9.17) is 0 Å². The molecule has 1 aliphatic rings. The second-order valence-corrected chi connectivity index (χ2v) is 8.20. The van der Waals surface area contributed by atoms with Gasteiger partial charge in [0.25, 0.3) is 5.56 Å². The van der Waals surface area contributed by atoms with Gasteiger partial charge in [-0.2, -0.15) is 4.52 Å². The molecule has 0 amide bonds. The number of anilines is 1. The summed E-state index contributed by atoms with van der Waals surface area (Å²) >= 11 is 0. The molecular formula is C24H21F2N5O. The number of fused-ring (bicyclic) bond motifs is 2. The molecule has 0 saturated carbocycles. The Labute approximate surface area is 183 Å². The molecule has 0 atom stereocenters. The summed E-state index contributed by atoms with van der Waals surface area (Å²) in [5, 5.41) is 4.59. The average molecular weight is 433 g/mol. The van der Waals surface area contributed by atoms with Crippen LogP contribution >= 0.6 is 0 Å². The van der Waals surface area contributed by atoms with Crippen LogP contribution < -0.4 is 10.5 Å². The van der Waals surface area contributed by atoms with Crippen molar-refractivity contribution in [2.75, 3.05) is 11.4 Å². The van der Waals surface area contributed by atoms with Gasteiger partial charge in [0.15, 0.2) is 23.1 Å². The van der Waals surface area contributed by atoms with Crippen molar-refractivity contribution in [2.24, 2.45) is 0 Å². The molecule has 3 aromatic heterocycles. The Morgan fingerprint density at radius 1 is 1.03 bits per heavy atom. The lowest BCUT2D eigenvalue weighted by Gasteiger charge is -2.31. The van der Waals surface area contributed by atoms with Gasteiger partial charge in [0.05, 0.1) is 0 Å². The van der Waals surface area contributed by atoms with Crippen molar-refractivity contribution in [1.82, 2.24) is 19.6 Å². The van der Waals surface area contributed by atoms with E-state index < -0.39 is 11.6 Å². The lowest BCUT2D eigenvalue weighted by molar-refractivity contribution is 0.510. The van der Waals surface area contributed by atoms with E-state index in [1.165, 1.54) is 22.8 Å². The van der Waals surface area contributed by atoms with Gasteiger partial charge in [-0.25, -0.2) is 13.8 Å². The molecule has 4 heterocycles. The second-order valence-electron chi connectivity index (χ2n) is 8.20. The largest absolute Gasteiger partial charge is 0.350 e. The molecule has 1 aliphatic heterocycles. The maximum atomic E-state index is 14.5. The first-order valence-electron chi connectivity index (χ1n) is 10.4. The fraction of sp³-hybridized carbons (Fsp3) is 0.250. The summed E-state index contributed by atoms with van der Waals surface area (Å²) in [5.41, 5.74) is 5.36. The fourth-order valence-electron chi connectivity index (χ4n) is 4.25. The maximum Gasteiger partial charge on any atom is 0.274 e. The summed E-state index contributed by atoms with van der Waals surface area (Å²) in [5.74, 6) is -1.04. The van der Waals surface area contributed by atoms with Crippen molar-refractivity contribution < 1.29 is 8.78 Å². The summed E-state index contributed by atoms with van der Waals surface area (Å²) in [6.07, 6.45) is 3.77. The highest BCUT2D eigenvalue weighted by Crippen LogP contribution is 2.31. The van der Waals surface area contributed by atoms with Crippen molar-refractivity contribution in [3.05, 3.63) is 86.6 Å². The molecule has 32 heavy (non-hydrogen) atoms. The summed E-state index contributed by atoms with van der Waals surface area (Å²) in [6.45, 7) is 6.80. The SMILES string of the molecule is Cc1cc(F)c(F)c(-c2cnc3c(c2)CN(c2nn4c(=O)ccnc4c(C)c2C)CC3)c1. The van der Waals surface area contributed by atoms with Crippen LogP contribution in [0.3, 0.4) is 0 Å². The number of rotatable bonds is 2. The van der Waals surface area contributed by atoms with Crippen LogP contribution in [0.2, 0.25) is 0 Å². The number of aryl methyl sites for hydroxylation is 2. The smallest absolute Gasteiger partial charge is 0.274 e. The second kappa shape index (κ2) is 7.47. The Hall–Kier alpha value is -3.68. The molecular weight excluding hydrogens is 412 g/mol. The quantitative estimate of drug-likeness (QED) is 0.480. The highest BCUT2D eigenvalue weighted by Gasteiger charge is 2.23. The van der Waals surface area contributed by atoms with Gasteiger partial charge in [0.1, 0.15) is 0 Å². The number of pyridine rings is 1. The molecule has 0 fully saturated rings. The molecule has 0 bridgehead atoms. The van der Waals surface area contributed by atoms with Crippen LogP contribution in [0, 0.1) is 32.4 Å². The minimum absolute atomic E-state index is 0.198. The van der Waals surface area contributed by atoms with E-state index in [0.29, 0.717) is 42.1 Å². The van der Waals surface area contributed by atoms with Gasteiger partial charge in [0.2, 0.25) is 0 Å². The first kappa shape index (κ1) is 20.2. The van der Waals surface area contributed by atoms with Gasteiger partial charge in [-0.1, -0.05) is 0 Å². The Morgan fingerprint density at radius 2 is 1.84 bits per heavy atom. The van der Waals surface area contributed by atoms with E-state index in [1.54, 1.807) is 19.2 Å². The molecule has 162 valence electrons. The van der Waals surface area contributed by atoms with E-state index in [1.807, 2.05) is 19.9 Å². The molecule has 0 saturated heterocycles. The first-order valence-corrected chi connectivity index (χ1v) is 10.4. The predicted octanol–water partition coefficient (Wildman–Crippen LogP) is 3.92. The number of aromatic nitrogens is 4. The summed E-state index contributed by atoms with van der Waals surface area (Å²) in [7, 11) is 0. The maximum absolute atomic E-state index is 14.5. The molecule has 0 aliphatic carbocycles. The summed E-state index contributed by atoms with van der Waals surface area (Å²) in [4.78, 5) is 23.2. The van der Waals surface area contributed by atoms with Gasteiger partial charge in [-0.15, -0.1) is 5.10 Å². The average Bonchev–Trinajstić information content (AvgIpc) is 2.78. The fourth-order valence-corrected chi connectivity index (χ4v) is 4.25. The van der Waals surface area contributed by atoms with Crippen LogP contribution in [0.15, 0.2) is 41.5 Å². The van der Waals surface area contributed by atoms with Gasteiger partial charge in [-0.05, 0) is 50.1 Å². The normalized spacial score (nSPS) is 13.5. The van der Waals surface area contributed by atoms with E-state index in [-0.39, 0.29) is 11.1 Å². The van der Waals surface area contributed by atoms with E-state index >= 15 is 0 Å². The molecule has 8 heteroatoms. The van der Waals surface area contributed by atoms with Gasteiger partial charge in [-0.3, -0.25) is 9.78 Å². The lowest BCUT2D eigenvalue weighted by Crippen LogP contribution is -2.33. The number of hydrogen-bond acceptors (Lipinski definition) is 5. The molecule has 0 N–H and O–H groups in total. The molecule has 0 radical (unpaired) electrons.